The number of unbranched alkanes of at least 4 members (excludes halogenated alkanes) is 3. The summed E-state index contributed by atoms with van der Waals surface area (Å²) in [5.74, 6) is 0.384. The molecule has 0 spiro atoms. The van der Waals surface area contributed by atoms with Crippen molar-refractivity contribution in [1.82, 2.24) is 0 Å². The van der Waals surface area contributed by atoms with Gasteiger partial charge in [0.25, 0.3) is 0 Å². The number of ether oxygens (including phenoxy) is 2. The van der Waals surface area contributed by atoms with Gasteiger partial charge in [0.15, 0.2) is 11.5 Å². The summed E-state index contributed by atoms with van der Waals surface area (Å²) in [7, 11) is 5.67. The van der Waals surface area contributed by atoms with Gasteiger partial charge in [0.2, 0.25) is 0 Å². The van der Waals surface area contributed by atoms with Gasteiger partial charge in [0.1, 0.15) is 19.4 Å². The van der Waals surface area contributed by atoms with Gasteiger partial charge >= 0.3 is 5.97 Å². The lowest BCUT2D eigenvalue weighted by Crippen LogP contribution is -2.43. The molecular weight excluding hydrogens is 453 g/mol. The number of rotatable bonds is 18. The summed E-state index contributed by atoms with van der Waals surface area (Å²) in [6.07, 6.45) is 3.45. The molecule has 1 unspecified atom stereocenters. The Morgan fingerprint density at radius 2 is 1.59 bits per heavy atom. The third-order valence-corrected chi connectivity index (χ3v) is 5.96. The maximum Gasteiger partial charge on any atom is 0.306 e. The molecule has 10 heteroatoms. The molecule has 0 aliphatic carbocycles. The zero-order valence-corrected chi connectivity index (χ0v) is 21.4. The summed E-state index contributed by atoms with van der Waals surface area (Å²) in [6.45, 7) is -0.0224. The predicted molar refractivity (Wildman–Crippen MR) is 126 cm³/mol. The van der Waals surface area contributed by atoms with Crippen LogP contribution < -0.4 is 14.4 Å². The van der Waals surface area contributed by atoms with Gasteiger partial charge in [-0.05, 0) is 31.4 Å². The first-order chi connectivity index (χ1) is 15.0. The summed E-state index contributed by atoms with van der Waals surface area (Å²) >= 11 is 4.96. The van der Waals surface area contributed by atoms with Gasteiger partial charge in [-0.2, -0.15) is 0 Å². The van der Waals surface area contributed by atoms with E-state index >= 15 is 0 Å². The zero-order valence-electron chi connectivity index (χ0n) is 19.7. The second-order valence-electron chi connectivity index (χ2n) is 8.64. The van der Waals surface area contributed by atoms with E-state index in [0.717, 1.165) is 25.0 Å². The first kappa shape index (κ1) is 28.8. The summed E-state index contributed by atoms with van der Waals surface area (Å²) in [6, 6.07) is 7.56. The van der Waals surface area contributed by atoms with Gasteiger partial charge in [-0.15, -0.1) is 0 Å². The number of hydrogen-bond acceptors (Lipinski definition) is 7. The quantitative estimate of drug-likeness (QED) is 0.189. The van der Waals surface area contributed by atoms with Crippen molar-refractivity contribution in [2.24, 2.45) is 0 Å². The third kappa shape index (κ3) is 14.0. The van der Waals surface area contributed by atoms with E-state index in [1.54, 1.807) is 0 Å². The standard InChI is InChI=1S/C22H38NO7PS/c1-5-6-9-14-27-20-12-7-8-13-21(20)28-15-10-11-16-29-31(26,32)30-19(17-22(24)25)18-23(2,3)4/h7-8,12-13,19H,5-6,9-11,14-18H2,1-4H3,(H-,24,25,26,32)/t19-,31?/m1/s1. The molecule has 0 saturated heterocycles. The Morgan fingerprint density at radius 3 is 2.09 bits per heavy atom. The molecular formula is C22H38NO7PS. The SMILES string of the molecule is CCCCCOc1ccccc1OCCCCOP([O-])(=S)O[C@H](CC(=O)O)C[N+](C)(C)C. The number of carbonyl (C=O) groups is 1. The van der Waals surface area contributed by atoms with Gasteiger partial charge < -0.3 is 33.0 Å². The predicted octanol–water partition coefficient (Wildman–Crippen LogP) is 3.58. The number of carboxylic acids is 1. The van der Waals surface area contributed by atoms with Crippen LogP contribution >= 0.6 is 6.72 Å². The molecule has 0 heterocycles. The minimum atomic E-state index is -3.77. The van der Waals surface area contributed by atoms with Gasteiger partial charge in [-0.3, -0.25) is 4.79 Å². The molecule has 0 bridgehead atoms. The third-order valence-electron chi connectivity index (χ3n) is 4.33. The molecule has 184 valence electrons. The van der Waals surface area contributed by atoms with Crippen LogP contribution in [-0.2, 0) is 25.6 Å². The fourth-order valence-corrected chi connectivity index (χ4v) is 4.45. The molecule has 1 aromatic rings. The second kappa shape index (κ2) is 14.8. The van der Waals surface area contributed by atoms with Crippen LogP contribution in [0.25, 0.3) is 0 Å². The molecule has 2 atom stereocenters. The van der Waals surface area contributed by atoms with Crippen LogP contribution in [-0.4, -0.2) is 69.2 Å². The molecule has 0 radical (unpaired) electrons. The van der Waals surface area contributed by atoms with Crippen LogP contribution in [0, 0.1) is 0 Å². The Morgan fingerprint density at radius 1 is 1.06 bits per heavy atom. The van der Waals surface area contributed by atoms with Crippen molar-refractivity contribution in [2.45, 2.75) is 51.6 Å². The average Bonchev–Trinajstić information content (AvgIpc) is 2.66. The van der Waals surface area contributed by atoms with E-state index in [-0.39, 0.29) is 13.0 Å². The van der Waals surface area contributed by atoms with Crippen LogP contribution in [0.3, 0.4) is 0 Å². The number of benzene rings is 1. The van der Waals surface area contributed by atoms with Crippen molar-refractivity contribution in [3.8, 4) is 11.5 Å². The zero-order chi connectivity index (χ0) is 24.0. The highest BCUT2D eigenvalue weighted by Gasteiger charge is 2.24. The van der Waals surface area contributed by atoms with Gasteiger partial charge in [0.05, 0.1) is 47.4 Å². The number of para-hydroxylation sites is 2. The molecule has 0 saturated carbocycles. The fraction of sp³-hybridized carbons (Fsp3) is 0.682. The Hall–Kier alpha value is -1.22. The lowest BCUT2D eigenvalue weighted by Gasteiger charge is -2.34. The molecule has 32 heavy (non-hydrogen) atoms. The monoisotopic (exact) mass is 491 g/mol. The average molecular weight is 492 g/mol. The van der Waals surface area contributed by atoms with E-state index in [2.05, 4.69) is 6.92 Å². The lowest BCUT2D eigenvalue weighted by molar-refractivity contribution is -0.873. The van der Waals surface area contributed by atoms with E-state index in [9.17, 15) is 9.69 Å². The van der Waals surface area contributed by atoms with Crippen molar-refractivity contribution in [1.29, 1.82) is 0 Å². The molecule has 0 aromatic heterocycles. The Kier molecular flexibility index (Phi) is 13.4. The summed E-state index contributed by atoms with van der Waals surface area (Å²) < 4.78 is 22.7. The minimum Gasteiger partial charge on any atom is -0.780 e. The van der Waals surface area contributed by atoms with E-state index < -0.39 is 18.8 Å². The number of hydrogen-bond donors (Lipinski definition) is 1. The van der Waals surface area contributed by atoms with Gasteiger partial charge in [0, 0.05) is 0 Å². The molecule has 0 aliphatic heterocycles. The Bertz CT molecular complexity index is 726. The van der Waals surface area contributed by atoms with Gasteiger partial charge in [-0.25, -0.2) is 0 Å². The van der Waals surface area contributed by atoms with Gasteiger partial charge in [-0.1, -0.05) is 43.7 Å². The van der Waals surface area contributed by atoms with E-state index in [1.165, 1.54) is 0 Å². The molecule has 0 amide bonds. The lowest BCUT2D eigenvalue weighted by atomic mass is 10.2. The summed E-state index contributed by atoms with van der Waals surface area (Å²) in [4.78, 5) is 23.5. The minimum absolute atomic E-state index is 0.142. The maximum absolute atomic E-state index is 12.5. The highest BCUT2D eigenvalue weighted by molar-refractivity contribution is 8.06. The molecule has 1 aromatic carbocycles. The second-order valence-corrected chi connectivity index (χ2v) is 11.3. The van der Waals surface area contributed by atoms with Crippen LogP contribution in [0.5, 0.6) is 11.5 Å². The normalized spacial score (nSPS) is 14.5. The van der Waals surface area contributed by atoms with Crippen LogP contribution in [0.2, 0.25) is 0 Å². The van der Waals surface area contributed by atoms with Crippen LogP contribution in [0.1, 0.15) is 45.4 Å². The van der Waals surface area contributed by atoms with E-state index in [0.29, 0.717) is 42.8 Å². The first-order valence-corrected chi connectivity index (χ1v) is 13.6. The van der Waals surface area contributed by atoms with Crippen molar-refractivity contribution >= 4 is 24.5 Å². The van der Waals surface area contributed by atoms with Crippen molar-refractivity contribution in [3.63, 3.8) is 0 Å². The summed E-state index contributed by atoms with van der Waals surface area (Å²) in [5.41, 5.74) is 0. The molecule has 1 rings (SSSR count). The Balaban J connectivity index is 2.37. The number of likely N-dealkylation sites (N-methyl/N-ethyl adjacent to an activating group) is 1. The molecule has 8 nitrogen and oxygen atoms in total. The highest BCUT2D eigenvalue weighted by Crippen LogP contribution is 2.41. The fourth-order valence-electron chi connectivity index (χ4n) is 2.94. The number of quaternary nitrogens is 1. The molecule has 1 N–H and O–H groups in total. The molecule has 0 aliphatic rings. The maximum atomic E-state index is 12.5. The van der Waals surface area contributed by atoms with Crippen molar-refractivity contribution in [3.05, 3.63) is 24.3 Å². The van der Waals surface area contributed by atoms with E-state index in [4.69, 9.17) is 35.4 Å². The number of nitrogens with zero attached hydrogens (tertiary/aromatic N) is 1. The van der Waals surface area contributed by atoms with Crippen molar-refractivity contribution in [2.75, 3.05) is 47.5 Å². The highest BCUT2D eigenvalue weighted by atomic mass is 32.5. The van der Waals surface area contributed by atoms with Crippen LogP contribution in [0.4, 0.5) is 0 Å². The first-order valence-electron chi connectivity index (χ1n) is 11.0. The number of carboxylic acid groups (broad SMARTS) is 1. The number of aliphatic carboxylic acids is 1. The topological polar surface area (TPSA) is 97.3 Å². The van der Waals surface area contributed by atoms with Crippen molar-refractivity contribution < 1.29 is 37.8 Å². The Labute approximate surface area is 197 Å². The smallest absolute Gasteiger partial charge is 0.306 e. The summed E-state index contributed by atoms with van der Waals surface area (Å²) in [5, 5.41) is 9.06. The molecule has 0 fully saturated rings. The largest absolute Gasteiger partial charge is 0.780 e. The van der Waals surface area contributed by atoms with Crippen LogP contribution in [0.15, 0.2) is 24.3 Å². The van der Waals surface area contributed by atoms with E-state index in [1.807, 2.05) is 45.4 Å².